The first kappa shape index (κ1) is 36.6. The summed E-state index contributed by atoms with van der Waals surface area (Å²) in [6, 6.07) is 83.1. The van der Waals surface area contributed by atoms with Gasteiger partial charge in [-0.2, -0.15) is 0 Å². The first-order valence-electron chi connectivity index (χ1n) is 21.6. The van der Waals surface area contributed by atoms with Crippen LogP contribution in [0.25, 0.3) is 53.9 Å². The highest BCUT2D eigenvalue weighted by Crippen LogP contribution is 2.61. The molecule has 2 heteroatoms. The van der Waals surface area contributed by atoms with Crippen molar-refractivity contribution in [3.63, 3.8) is 0 Å². The summed E-state index contributed by atoms with van der Waals surface area (Å²) in [5.41, 5.74) is 19.8. The van der Waals surface area contributed by atoms with Gasteiger partial charge in [-0.3, -0.25) is 0 Å². The minimum Gasteiger partial charge on any atom is -0.310 e. The van der Waals surface area contributed by atoms with E-state index in [0.717, 1.165) is 17.1 Å². The van der Waals surface area contributed by atoms with Crippen molar-refractivity contribution >= 4 is 38.5 Å². The van der Waals surface area contributed by atoms with Gasteiger partial charge in [0.1, 0.15) is 0 Å². The Labute approximate surface area is 367 Å². The van der Waals surface area contributed by atoms with E-state index in [1.165, 1.54) is 87.3 Å². The summed E-state index contributed by atoms with van der Waals surface area (Å²) in [6.07, 6.45) is 0. The summed E-state index contributed by atoms with van der Waals surface area (Å²) < 4.78 is 1.33. The minimum absolute atomic E-state index is 0.0783. The Morgan fingerprint density at radius 1 is 0.371 bits per heavy atom. The Morgan fingerprint density at radius 3 is 1.68 bits per heavy atom. The zero-order chi connectivity index (χ0) is 41.4. The average molecular weight is 810 g/mol. The molecule has 0 saturated heterocycles. The number of hydrogen-bond acceptors (Lipinski definition) is 2. The van der Waals surface area contributed by atoms with Crippen LogP contribution >= 0.6 is 11.3 Å². The van der Waals surface area contributed by atoms with Crippen LogP contribution in [0.15, 0.2) is 224 Å². The third-order valence-corrected chi connectivity index (χ3v) is 14.8. The molecule has 0 radical (unpaired) electrons. The third-order valence-electron chi connectivity index (χ3n) is 13.5. The zero-order valence-corrected chi connectivity index (χ0v) is 35.5. The Kier molecular flexibility index (Phi) is 8.36. The van der Waals surface area contributed by atoms with Crippen molar-refractivity contribution in [2.45, 2.75) is 24.7 Å². The van der Waals surface area contributed by atoms with E-state index in [0.29, 0.717) is 0 Å². The molecular weight excluding hydrogens is 767 g/mol. The van der Waals surface area contributed by atoms with Gasteiger partial charge in [-0.15, -0.1) is 11.3 Å². The molecule has 1 heterocycles. The molecule has 0 amide bonds. The maximum absolute atomic E-state index is 2.45. The minimum atomic E-state index is -0.427. The molecule has 1 aromatic heterocycles. The molecule has 62 heavy (non-hydrogen) atoms. The molecule has 10 aromatic rings. The third kappa shape index (κ3) is 5.46. The van der Waals surface area contributed by atoms with Gasteiger partial charge in [0, 0.05) is 32.1 Å². The predicted molar refractivity (Wildman–Crippen MR) is 262 cm³/mol. The molecule has 1 nitrogen and oxygen atoms in total. The number of benzene rings is 9. The topological polar surface area (TPSA) is 3.24 Å². The fourth-order valence-electron chi connectivity index (χ4n) is 10.7. The molecule has 0 atom stereocenters. The number of para-hydroxylation sites is 1. The molecule has 0 fully saturated rings. The number of rotatable bonds is 7. The van der Waals surface area contributed by atoms with E-state index in [2.05, 4.69) is 243 Å². The highest BCUT2D eigenvalue weighted by molar-refractivity contribution is 7.22. The SMILES string of the molecule is CC1(C)c2ccccc2-c2ccc(N(c3ccccc3)c3ccc(-c4cccc(-c5ccc6c(c5)-c5sc7ccccc7c5C6(c5ccccc5)c5ccccc5)c4)cc3)cc21. The molecule has 0 aliphatic heterocycles. The molecule has 0 bridgehead atoms. The van der Waals surface area contributed by atoms with Crippen LogP contribution in [0.3, 0.4) is 0 Å². The van der Waals surface area contributed by atoms with Crippen LogP contribution in [-0.2, 0) is 10.8 Å². The first-order valence-corrected chi connectivity index (χ1v) is 22.4. The van der Waals surface area contributed by atoms with Gasteiger partial charge in [-0.05, 0) is 132 Å². The lowest BCUT2D eigenvalue weighted by Gasteiger charge is -2.34. The van der Waals surface area contributed by atoms with E-state index >= 15 is 0 Å². The molecule has 2 aliphatic rings. The lowest BCUT2D eigenvalue weighted by Crippen LogP contribution is -2.28. The Balaban J connectivity index is 0.935. The Morgan fingerprint density at radius 2 is 0.935 bits per heavy atom. The van der Waals surface area contributed by atoms with Crippen LogP contribution in [0.2, 0.25) is 0 Å². The van der Waals surface area contributed by atoms with Gasteiger partial charge >= 0.3 is 0 Å². The fourth-order valence-corrected chi connectivity index (χ4v) is 12.0. The van der Waals surface area contributed by atoms with Crippen molar-refractivity contribution in [1.82, 2.24) is 0 Å². The molecule has 0 N–H and O–H groups in total. The van der Waals surface area contributed by atoms with Crippen molar-refractivity contribution in [3.8, 4) is 43.8 Å². The summed E-state index contributed by atoms with van der Waals surface area (Å²) in [5, 5.41) is 1.33. The maximum atomic E-state index is 2.45. The smallest absolute Gasteiger partial charge is 0.0728 e. The first-order chi connectivity index (χ1) is 30.5. The van der Waals surface area contributed by atoms with E-state index in [1.807, 2.05) is 11.3 Å². The van der Waals surface area contributed by atoms with E-state index in [-0.39, 0.29) is 5.41 Å². The van der Waals surface area contributed by atoms with Gasteiger partial charge in [-0.1, -0.05) is 184 Å². The lowest BCUT2D eigenvalue weighted by molar-refractivity contribution is 0.660. The summed E-state index contributed by atoms with van der Waals surface area (Å²) in [7, 11) is 0. The quantitative estimate of drug-likeness (QED) is 0.155. The van der Waals surface area contributed by atoms with E-state index < -0.39 is 5.41 Å². The molecule has 2 aliphatic carbocycles. The largest absolute Gasteiger partial charge is 0.310 e. The Hall–Kier alpha value is -7.26. The second kappa shape index (κ2) is 14.2. The van der Waals surface area contributed by atoms with E-state index in [1.54, 1.807) is 0 Å². The summed E-state index contributed by atoms with van der Waals surface area (Å²) in [6.45, 7) is 4.70. The van der Waals surface area contributed by atoms with Gasteiger partial charge in [-0.25, -0.2) is 0 Å². The van der Waals surface area contributed by atoms with Crippen LogP contribution in [0.1, 0.15) is 47.2 Å². The number of thiophene rings is 1. The molecule has 0 saturated carbocycles. The second-order valence-corrected chi connectivity index (χ2v) is 18.3. The van der Waals surface area contributed by atoms with Gasteiger partial charge in [0.15, 0.2) is 0 Å². The van der Waals surface area contributed by atoms with E-state index in [4.69, 9.17) is 0 Å². The summed E-state index contributed by atoms with van der Waals surface area (Å²) in [4.78, 5) is 3.75. The lowest BCUT2D eigenvalue weighted by atomic mass is 9.67. The number of fused-ring (bicyclic) bond motifs is 8. The van der Waals surface area contributed by atoms with Crippen molar-refractivity contribution < 1.29 is 0 Å². The molecule has 12 rings (SSSR count). The van der Waals surface area contributed by atoms with Crippen LogP contribution in [0, 0.1) is 0 Å². The van der Waals surface area contributed by atoms with Crippen molar-refractivity contribution in [2.75, 3.05) is 4.90 Å². The number of anilines is 3. The monoisotopic (exact) mass is 809 g/mol. The summed E-state index contributed by atoms with van der Waals surface area (Å²) in [5.74, 6) is 0. The van der Waals surface area contributed by atoms with Crippen LogP contribution in [-0.4, -0.2) is 0 Å². The molecule has 294 valence electrons. The highest BCUT2D eigenvalue weighted by Gasteiger charge is 2.48. The van der Waals surface area contributed by atoms with Crippen LogP contribution < -0.4 is 4.90 Å². The van der Waals surface area contributed by atoms with Crippen LogP contribution in [0.5, 0.6) is 0 Å². The Bertz CT molecular complexity index is 3270. The maximum Gasteiger partial charge on any atom is 0.0728 e. The van der Waals surface area contributed by atoms with Crippen molar-refractivity contribution in [2.24, 2.45) is 0 Å². The fraction of sp³-hybridized carbons (Fsp3) is 0.0667. The standard InChI is InChI=1S/C60H43NS/c1-59(2)53-27-14-12-25-49(53)50-35-34-48(39-55(50)59)61(46-23-10-5-11-24-46)47-32-29-40(30-33-47)41-17-16-18-42(37-41)43-31-36-54-52(38-43)58-57(51-26-13-15-28-56(51)62-58)60(54,44-19-6-3-7-20-44)45-21-8-4-9-22-45/h3-39H,1-2H3. The molecule has 0 unspecified atom stereocenters. The van der Waals surface area contributed by atoms with Gasteiger partial charge < -0.3 is 4.90 Å². The number of nitrogens with zero attached hydrogens (tertiary/aromatic N) is 1. The second-order valence-electron chi connectivity index (χ2n) is 17.2. The number of hydrogen-bond donors (Lipinski definition) is 0. The van der Waals surface area contributed by atoms with Gasteiger partial charge in [0.25, 0.3) is 0 Å². The molecular formula is C60H43NS. The predicted octanol–water partition coefficient (Wildman–Crippen LogP) is 16.4. The molecule has 9 aromatic carbocycles. The van der Waals surface area contributed by atoms with E-state index in [9.17, 15) is 0 Å². The van der Waals surface area contributed by atoms with Gasteiger partial charge in [0.05, 0.1) is 5.41 Å². The van der Waals surface area contributed by atoms with Gasteiger partial charge in [0.2, 0.25) is 0 Å². The molecule has 0 spiro atoms. The normalized spacial score (nSPS) is 13.9. The highest BCUT2D eigenvalue weighted by atomic mass is 32.1. The average Bonchev–Trinajstić information content (AvgIpc) is 3.94. The van der Waals surface area contributed by atoms with Crippen molar-refractivity contribution in [3.05, 3.63) is 258 Å². The van der Waals surface area contributed by atoms with Crippen molar-refractivity contribution in [1.29, 1.82) is 0 Å². The summed E-state index contributed by atoms with van der Waals surface area (Å²) >= 11 is 1.92. The zero-order valence-electron chi connectivity index (χ0n) is 34.7. The van der Waals surface area contributed by atoms with Crippen LogP contribution in [0.4, 0.5) is 17.1 Å².